The molecule has 0 aromatic heterocycles. The quantitative estimate of drug-likeness (QED) is 0.479. The van der Waals surface area contributed by atoms with Crippen LogP contribution in [-0.2, 0) is 4.79 Å². The highest BCUT2D eigenvalue weighted by Gasteiger charge is 2.28. The standard InChI is InChI=1S/C19H29ClN4O4/c1-12(2)16(18(26)21-10-19(3,4)11-23(5)6)22-17(25)14-8-7-13(24(27)28)9-15(14)20/h7-9,12,16H,10-11H2,1-6H3,(H,21,26)(H,22,25). The van der Waals surface area contributed by atoms with E-state index in [0.29, 0.717) is 6.54 Å². The Labute approximate surface area is 170 Å². The van der Waals surface area contributed by atoms with Crippen LogP contribution < -0.4 is 10.6 Å². The topological polar surface area (TPSA) is 105 Å². The molecule has 0 bridgehead atoms. The number of nitrogens with one attached hydrogen (secondary N) is 2. The molecule has 1 rings (SSSR count). The number of nitrogens with zero attached hydrogens (tertiary/aromatic N) is 2. The van der Waals surface area contributed by atoms with Crippen LogP contribution in [-0.4, -0.2) is 54.9 Å². The van der Waals surface area contributed by atoms with Gasteiger partial charge in [-0.25, -0.2) is 0 Å². The molecule has 1 unspecified atom stereocenters. The van der Waals surface area contributed by atoms with Gasteiger partial charge in [0.25, 0.3) is 11.6 Å². The van der Waals surface area contributed by atoms with Crippen LogP contribution >= 0.6 is 11.6 Å². The van der Waals surface area contributed by atoms with E-state index in [1.54, 1.807) is 0 Å². The van der Waals surface area contributed by atoms with Gasteiger partial charge in [0, 0.05) is 25.2 Å². The highest BCUT2D eigenvalue weighted by Crippen LogP contribution is 2.23. The van der Waals surface area contributed by atoms with Crippen molar-refractivity contribution in [3.8, 4) is 0 Å². The summed E-state index contributed by atoms with van der Waals surface area (Å²) in [5.74, 6) is -0.993. The monoisotopic (exact) mass is 412 g/mol. The van der Waals surface area contributed by atoms with Crippen LogP contribution in [0.4, 0.5) is 5.69 Å². The van der Waals surface area contributed by atoms with Gasteiger partial charge in [-0.15, -0.1) is 0 Å². The number of halogens is 1. The van der Waals surface area contributed by atoms with Crippen LogP contribution in [0.3, 0.4) is 0 Å². The van der Waals surface area contributed by atoms with Crippen molar-refractivity contribution >= 4 is 29.1 Å². The minimum atomic E-state index is -0.756. The lowest BCUT2D eigenvalue weighted by molar-refractivity contribution is -0.384. The van der Waals surface area contributed by atoms with Crippen LogP contribution in [0.25, 0.3) is 0 Å². The number of rotatable bonds is 9. The van der Waals surface area contributed by atoms with Crippen molar-refractivity contribution in [3.05, 3.63) is 38.9 Å². The van der Waals surface area contributed by atoms with Crippen molar-refractivity contribution in [2.24, 2.45) is 11.3 Å². The number of amides is 2. The first-order valence-electron chi connectivity index (χ1n) is 9.01. The van der Waals surface area contributed by atoms with Gasteiger partial charge in [0.1, 0.15) is 6.04 Å². The molecular formula is C19H29ClN4O4. The molecule has 1 aromatic carbocycles. The lowest BCUT2D eigenvalue weighted by Gasteiger charge is -2.30. The molecule has 0 heterocycles. The summed E-state index contributed by atoms with van der Waals surface area (Å²) in [5, 5.41) is 16.3. The molecule has 2 N–H and O–H groups in total. The minimum Gasteiger partial charge on any atom is -0.354 e. The number of benzene rings is 1. The Morgan fingerprint density at radius 3 is 2.36 bits per heavy atom. The number of carbonyl (C=O) groups excluding carboxylic acids is 2. The van der Waals surface area contributed by atoms with E-state index >= 15 is 0 Å². The van der Waals surface area contributed by atoms with Crippen LogP contribution in [0, 0.1) is 21.4 Å². The van der Waals surface area contributed by atoms with Gasteiger partial charge < -0.3 is 15.5 Å². The summed E-state index contributed by atoms with van der Waals surface area (Å²) in [6.45, 7) is 9.01. The number of carbonyl (C=O) groups is 2. The number of hydrogen-bond acceptors (Lipinski definition) is 5. The molecule has 0 saturated carbocycles. The Morgan fingerprint density at radius 1 is 1.29 bits per heavy atom. The average molecular weight is 413 g/mol. The summed E-state index contributed by atoms with van der Waals surface area (Å²) in [6.07, 6.45) is 0. The second kappa shape index (κ2) is 9.84. The van der Waals surface area contributed by atoms with Crippen LogP contribution in [0.1, 0.15) is 38.1 Å². The highest BCUT2D eigenvalue weighted by molar-refractivity contribution is 6.34. The van der Waals surface area contributed by atoms with Crippen LogP contribution in [0.15, 0.2) is 18.2 Å². The van der Waals surface area contributed by atoms with Gasteiger partial charge in [0.05, 0.1) is 15.5 Å². The van der Waals surface area contributed by atoms with E-state index in [0.717, 1.165) is 12.6 Å². The molecule has 0 saturated heterocycles. The van der Waals surface area contributed by atoms with Gasteiger partial charge in [-0.05, 0) is 31.5 Å². The maximum atomic E-state index is 12.7. The summed E-state index contributed by atoms with van der Waals surface area (Å²) in [5.41, 5.74) is -0.256. The Bertz CT molecular complexity index is 735. The van der Waals surface area contributed by atoms with E-state index in [9.17, 15) is 19.7 Å². The maximum absolute atomic E-state index is 12.7. The number of nitro benzene ring substituents is 1. The molecule has 28 heavy (non-hydrogen) atoms. The summed E-state index contributed by atoms with van der Waals surface area (Å²) in [6, 6.07) is 2.85. The van der Waals surface area contributed by atoms with E-state index in [1.165, 1.54) is 12.1 Å². The van der Waals surface area contributed by atoms with E-state index in [2.05, 4.69) is 10.6 Å². The van der Waals surface area contributed by atoms with Gasteiger partial charge in [-0.3, -0.25) is 19.7 Å². The van der Waals surface area contributed by atoms with E-state index < -0.39 is 16.9 Å². The van der Waals surface area contributed by atoms with Crippen molar-refractivity contribution in [1.29, 1.82) is 0 Å². The Kier molecular flexibility index (Phi) is 8.38. The normalized spacial score (nSPS) is 12.8. The fourth-order valence-electron chi connectivity index (χ4n) is 2.90. The molecule has 156 valence electrons. The zero-order chi connectivity index (χ0) is 21.6. The average Bonchev–Trinajstić information content (AvgIpc) is 2.55. The molecule has 0 aliphatic heterocycles. The lowest BCUT2D eigenvalue weighted by Crippen LogP contribution is -2.52. The first-order chi connectivity index (χ1) is 12.8. The van der Waals surface area contributed by atoms with Crippen molar-refractivity contribution in [1.82, 2.24) is 15.5 Å². The van der Waals surface area contributed by atoms with Crippen molar-refractivity contribution in [2.45, 2.75) is 33.7 Å². The molecule has 2 amide bonds. The fourth-order valence-corrected chi connectivity index (χ4v) is 3.16. The van der Waals surface area contributed by atoms with Crippen molar-refractivity contribution < 1.29 is 14.5 Å². The third-order valence-corrected chi connectivity index (χ3v) is 4.44. The fraction of sp³-hybridized carbons (Fsp3) is 0.579. The Balaban J connectivity index is 2.85. The molecule has 1 aromatic rings. The first-order valence-corrected chi connectivity index (χ1v) is 9.39. The molecule has 0 aliphatic rings. The third kappa shape index (κ3) is 7.09. The SMILES string of the molecule is CC(C)C(NC(=O)c1ccc([N+](=O)[O-])cc1Cl)C(=O)NCC(C)(C)CN(C)C. The first kappa shape index (κ1) is 23.8. The largest absolute Gasteiger partial charge is 0.354 e. The van der Waals surface area contributed by atoms with Gasteiger partial charge >= 0.3 is 0 Å². The van der Waals surface area contributed by atoms with E-state index in [-0.39, 0.29) is 33.5 Å². The Hall–Kier alpha value is -2.19. The molecule has 0 aliphatic carbocycles. The summed E-state index contributed by atoms with van der Waals surface area (Å²) < 4.78 is 0. The van der Waals surface area contributed by atoms with Crippen molar-refractivity contribution in [3.63, 3.8) is 0 Å². The third-order valence-electron chi connectivity index (χ3n) is 4.13. The maximum Gasteiger partial charge on any atom is 0.270 e. The molecule has 0 radical (unpaired) electrons. The minimum absolute atomic E-state index is 0.0401. The zero-order valence-electron chi connectivity index (χ0n) is 17.2. The molecule has 0 fully saturated rings. The highest BCUT2D eigenvalue weighted by atomic mass is 35.5. The smallest absolute Gasteiger partial charge is 0.270 e. The second-order valence-electron chi connectivity index (χ2n) is 8.24. The molecule has 9 heteroatoms. The second-order valence-corrected chi connectivity index (χ2v) is 8.64. The predicted molar refractivity (Wildman–Crippen MR) is 110 cm³/mol. The number of non-ortho nitro benzene ring substituents is 1. The number of nitro groups is 1. The van der Waals surface area contributed by atoms with Crippen molar-refractivity contribution in [2.75, 3.05) is 27.2 Å². The van der Waals surface area contributed by atoms with Gasteiger partial charge in [0.2, 0.25) is 5.91 Å². The Morgan fingerprint density at radius 2 is 1.89 bits per heavy atom. The molecule has 8 nitrogen and oxygen atoms in total. The van der Waals surface area contributed by atoms with Crippen LogP contribution in [0.2, 0.25) is 5.02 Å². The van der Waals surface area contributed by atoms with Gasteiger partial charge in [0.15, 0.2) is 0 Å². The summed E-state index contributed by atoms with van der Waals surface area (Å²) >= 11 is 6.01. The summed E-state index contributed by atoms with van der Waals surface area (Å²) in [7, 11) is 3.93. The van der Waals surface area contributed by atoms with E-state index in [4.69, 9.17) is 11.6 Å². The molecular weight excluding hydrogens is 384 g/mol. The lowest BCUT2D eigenvalue weighted by atomic mass is 9.92. The zero-order valence-corrected chi connectivity index (χ0v) is 18.0. The molecule has 1 atom stereocenters. The molecule has 0 spiro atoms. The summed E-state index contributed by atoms with van der Waals surface area (Å²) in [4.78, 5) is 37.5. The van der Waals surface area contributed by atoms with Gasteiger partial charge in [-0.2, -0.15) is 0 Å². The van der Waals surface area contributed by atoms with E-state index in [1.807, 2.05) is 46.7 Å². The predicted octanol–water partition coefficient (Wildman–Crippen LogP) is 2.71. The number of hydrogen-bond donors (Lipinski definition) is 2. The van der Waals surface area contributed by atoms with Crippen LogP contribution in [0.5, 0.6) is 0 Å². The van der Waals surface area contributed by atoms with Gasteiger partial charge in [-0.1, -0.05) is 39.3 Å².